The molecule has 3 aromatic rings. The van der Waals surface area contributed by atoms with Gasteiger partial charge in [-0.05, 0) is 36.8 Å². The molecule has 0 bridgehead atoms. The number of amides is 1. The Morgan fingerprint density at radius 1 is 1.12 bits per heavy atom. The molecule has 25 heavy (non-hydrogen) atoms. The highest BCUT2D eigenvalue weighted by Gasteiger charge is 2.16. The summed E-state index contributed by atoms with van der Waals surface area (Å²) in [6.45, 7) is 2.18. The molecule has 0 saturated carbocycles. The molecule has 1 aromatic heterocycles. The SMILES string of the molecule is Cc1cccc(-c2nnc(NC(=O)Cc3ccc4c(c3)OCO4)o2)c1. The molecule has 1 amide bonds. The molecule has 0 spiro atoms. The second-order valence-electron chi connectivity index (χ2n) is 5.69. The van der Waals surface area contributed by atoms with Crippen LogP contribution in [0.3, 0.4) is 0 Å². The molecular weight excluding hydrogens is 322 g/mol. The van der Waals surface area contributed by atoms with Gasteiger partial charge in [-0.25, -0.2) is 0 Å². The molecule has 1 aliphatic heterocycles. The molecule has 0 unspecified atom stereocenters. The van der Waals surface area contributed by atoms with Crippen molar-refractivity contribution in [3.05, 3.63) is 53.6 Å². The topological polar surface area (TPSA) is 86.5 Å². The minimum absolute atomic E-state index is 0.0715. The number of nitrogens with zero attached hydrogens (tertiary/aromatic N) is 2. The molecule has 126 valence electrons. The summed E-state index contributed by atoms with van der Waals surface area (Å²) in [5, 5.41) is 10.4. The highest BCUT2D eigenvalue weighted by atomic mass is 16.7. The van der Waals surface area contributed by atoms with E-state index in [2.05, 4.69) is 15.5 Å². The van der Waals surface area contributed by atoms with Crippen molar-refractivity contribution < 1.29 is 18.7 Å². The van der Waals surface area contributed by atoms with Gasteiger partial charge in [-0.3, -0.25) is 10.1 Å². The zero-order chi connectivity index (χ0) is 17.2. The quantitative estimate of drug-likeness (QED) is 0.788. The molecule has 1 aliphatic rings. The molecule has 7 heteroatoms. The first kappa shape index (κ1) is 15.2. The van der Waals surface area contributed by atoms with Gasteiger partial charge in [0.15, 0.2) is 11.5 Å². The minimum atomic E-state index is -0.252. The Bertz CT molecular complexity index is 936. The van der Waals surface area contributed by atoms with Crippen LogP contribution in [0.2, 0.25) is 0 Å². The molecule has 0 atom stereocenters. The smallest absolute Gasteiger partial charge is 0.322 e. The summed E-state index contributed by atoms with van der Waals surface area (Å²) in [5.74, 6) is 1.44. The van der Waals surface area contributed by atoms with Crippen LogP contribution in [0.15, 0.2) is 46.9 Å². The third-order valence-corrected chi connectivity index (χ3v) is 3.74. The first-order valence-electron chi connectivity index (χ1n) is 7.76. The molecule has 1 N–H and O–H groups in total. The predicted octanol–water partition coefficient (Wildman–Crippen LogP) is 2.95. The summed E-state index contributed by atoms with van der Waals surface area (Å²) in [4.78, 5) is 12.2. The van der Waals surface area contributed by atoms with E-state index in [0.29, 0.717) is 17.4 Å². The van der Waals surface area contributed by atoms with Crippen molar-refractivity contribution in [1.29, 1.82) is 0 Å². The monoisotopic (exact) mass is 337 g/mol. The van der Waals surface area contributed by atoms with Gasteiger partial charge < -0.3 is 13.9 Å². The number of fused-ring (bicyclic) bond motifs is 1. The van der Waals surface area contributed by atoms with Crippen molar-refractivity contribution in [1.82, 2.24) is 10.2 Å². The minimum Gasteiger partial charge on any atom is -0.454 e. The molecule has 0 radical (unpaired) electrons. The highest BCUT2D eigenvalue weighted by Crippen LogP contribution is 2.32. The van der Waals surface area contributed by atoms with E-state index in [1.807, 2.05) is 37.3 Å². The second-order valence-corrected chi connectivity index (χ2v) is 5.69. The van der Waals surface area contributed by atoms with Gasteiger partial charge in [0, 0.05) is 5.56 Å². The van der Waals surface area contributed by atoms with Gasteiger partial charge in [0.05, 0.1) is 6.42 Å². The molecule has 4 rings (SSSR count). The number of anilines is 1. The average molecular weight is 337 g/mol. The first-order valence-corrected chi connectivity index (χ1v) is 7.76. The maximum absolute atomic E-state index is 12.2. The van der Waals surface area contributed by atoms with Gasteiger partial charge >= 0.3 is 6.01 Å². The van der Waals surface area contributed by atoms with Crippen molar-refractivity contribution in [2.24, 2.45) is 0 Å². The lowest BCUT2D eigenvalue weighted by molar-refractivity contribution is -0.115. The number of nitrogens with one attached hydrogen (secondary N) is 1. The third kappa shape index (κ3) is 3.30. The predicted molar refractivity (Wildman–Crippen MR) is 89.4 cm³/mol. The largest absolute Gasteiger partial charge is 0.454 e. The maximum atomic E-state index is 12.2. The van der Waals surface area contributed by atoms with Crippen LogP contribution in [0.4, 0.5) is 6.01 Å². The summed E-state index contributed by atoms with van der Waals surface area (Å²) in [6, 6.07) is 13.2. The molecular formula is C18H15N3O4. The fourth-order valence-electron chi connectivity index (χ4n) is 2.57. The Hall–Kier alpha value is -3.35. The van der Waals surface area contributed by atoms with Gasteiger partial charge in [-0.1, -0.05) is 28.9 Å². The van der Waals surface area contributed by atoms with Crippen molar-refractivity contribution in [3.63, 3.8) is 0 Å². The zero-order valence-corrected chi connectivity index (χ0v) is 13.5. The van der Waals surface area contributed by atoms with Crippen LogP contribution in [0.25, 0.3) is 11.5 Å². The number of aryl methyl sites for hydroxylation is 1. The lowest BCUT2D eigenvalue weighted by atomic mass is 10.1. The molecule has 7 nitrogen and oxygen atoms in total. The maximum Gasteiger partial charge on any atom is 0.322 e. The van der Waals surface area contributed by atoms with Gasteiger partial charge in [-0.2, -0.15) is 0 Å². The standard InChI is InChI=1S/C18H15N3O4/c1-11-3-2-4-13(7-11)17-20-21-18(25-17)19-16(22)9-12-5-6-14-15(8-12)24-10-23-14/h2-8H,9-10H2,1H3,(H,19,21,22). The normalized spacial score (nSPS) is 12.2. The van der Waals surface area contributed by atoms with Crippen molar-refractivity contribution >= 4 is 11.9 Å². The van der Waals surface area contributed by atoms with Gasteiger partial charge in [0.25, 0.3) is 0 Å². The van der Waals surface area contributed by atoms with E-state index in [9.17, 15) is 4.79 Å². The zero-order valence-electron chi connectivity index (χ0n) is 13.5. The number of hydrogen-bond acceptors (Lipinski definition) is 6. The van der Waals surface area contributed by atoms with E-state index in [1.54, 1.807) is 12.1 Å². The van der Waals surface area contributed by atoms with E-state index in [0.717, 1.165) is 16.7 Å². The van der Waals surface area contributed by atoms with Crippen LogP contribution in [-0.4, -0.2) is 22.9 Å². The Morgan fingerprint density at radius 3 is 2.88 bits per heavy atom. The average Bonchev–Trinajstić information content (AvgIpc) is 3.23. The van der Waals surface area contributed by atoms with E-state index in [-0.39, 0.29) is 25.1 Å². The van der Waals surface area contributed by atoms with Gasteiger partial charge in [-0.15, -0.1) is 5.10 Å². The van der Waals surface area contributed by atoms with Crippen LogP contribution in [-0.2, 0) is 11.2 Å². The summed E-state index contributed by atoms with van der Waals surface area (Å²) < 4.78 is 16.1. The van der Waals surface area contributed by atoms with Crippen molar-refractivity contribution in [2.45, 2.75) is 13.3 Å². The summed E-state index contributed by atoms with van der Waals surface area (Å²) in [5.41, 5.74) is 2.70. The summed E-state index contributed by atoms with van der Waals surface area (Å²) in [7, 11) is 0. The van der Waals surface area contributed by atoms with Crippen LogP contribution < -0.4 is 14.8 Å². The fraction of sp³-hybridized carbons (Fsp3) is 0.167. The van der Waals surface area contributed by atoms with E-state index < -0.39 is 0 Å². The Labute approximate surface area is 143 Å². The Balaban J connectivity index is 1.43. The number of carbonyl (C=O) groups excluding carboxylic acids is 1. The number of benzene rings is 2. The Kier molecular flexibility index (Phi) is 3.81. The number of aromatic nitrogens is 2. The van der Waals surface area contributed by atoms with Crippen molar-refractivity contribution in [3.8, 4) is 23.0 Å². The number of ether oxygens (including phenoxy) is 2. The fourth-order valence-corrected chi connectivity index (χ4v) is 2.57. The molecule has 2 heterocycles. The van der Waals surface area contributed by atoms with Crippen LogP contribution in [0.5, 0.6) is 11.5 Å². The lowest BCUT2D eigenvalue weighted by Gasteiger charge is -2.02. The summed E-state index contributed by atoms with van der Waals surface area (Å²) in [6.07, 6.45) is 0.165. The van der Waals surface area contributed by atoms with Crippen molar-refractivity contribution in [2.75, 3.05) is 12.1 Å². The molecule has 0 fully saturated rings. The lowest BCUT2D eigenvalue weighted by Crippen LogP contribution is -2.14. The van der Waals surface area contributed by atoms with Crippen LogP contribution >= 0.6 is 0 Å². The third-order valence-electron chi connectivity index (χ3n) is 3.74. The molecule has 0 aliphatic carbocycles. The first-order chi connectivity index (χ1) is 12.2. The van der Waals surface area contributed by atoms with E-state index in [1.165, 1.54) is 0 Å². The Morgan fingerprint density at radius 2 is 2.00 bits per heavy atom. The van der Waals surface area contributed by atoms with Crippen LogP contribution in [0.1, 0.15) is 11.1 Å². The molecule has 0 saturated heterocycles. The van der Waals surface area contributed by atoms with E-state index >= 15 is 0 Å². The number of carbonyl (C=O) groups is 1. The second kappa shape index (κ2) is 6.27. The highest BCUT2D eigenvalue weighted by molar-refractivity contribution is 5.90. The molecule has 2 aromatic carbocycles. The summed E-state index contributed by atoms with van der Waals surface area (Å²) >= 11 is 0. The van der Waals surface area contributed by atoms with Gasteiger partial charge in [0.2, 0.25) is 18.6 Å². The van der Waals surface area contributed by atoms with E-state index in [4.69, 9.17) is 13.9 Å². The van der Waals surface area contributed by atoms with Crippen LogP contribution in [0, 0.1) is 6.92 Å². The number of hydrogen-bond donors (Lipinski definition) is 1. The van der Waals surface area contributed by atoms with Gasteiger partial charge in [0.1, 0.15) is 0 Å². The number of rotatable bonds is 4.